The van der Waals surface area contributed by atoms with Crippen LogP contribution in [0.3, 0.4) is 0 Å². The number of aliphatic carboxylic acids is 1. The second-order valence-electron chi connectivity index (χ2n) is 4.02. The van der Waals surface area contributed by atoms with Gasteiger partial charge in [0.2, 0.25) is 0 Å². The highest BCUT2D eigenvalue weighted by atomic mass is 31.2. The lowest BCUT2D eigenvalue weighted by molar-refractivity contribution is -0.309. The molecule has 0 aromatic heterocycles. The van der Waals surface area contributed by atoms with Gasteiger partial charge in [-0.15, -0.1) is 0 Å². The standard InChI is InChI=1S/C10H24OP.C3H6O3/c1-5-11-9-10-12(6-2,7-3)8-4;1-6-2-3(4)5/h5-10H2,1-4H3;2H2,1H3,(H,4,5)/q+1;/p-1. The molecule has 0 unspecified atom stereocenters. The van der Waals surface area contributed by atoms with Gasteiger partial charge in [-0.3, -0.25) is 0 Å². The SMILES string of the molecule is CCOCC[P+](CC)(CC)CC.COCC(=O)[O-]. The molecule has 5 heteroatoms. The molecule has 0 bridgehead atoms. The Morgan fingerprint density at radius 1 is 1.11 bits per heavy atom. The van der Waals surface area contributed by atoms with Crippen molar-refractivity contribution in [2.75, 3.05) is 51.6 Å². The van der Waals surface area contributed by atoms with Gasteiger partial charge in [-0.1, -0.05) is 0 Å². The molecule has 18 heavy (non-hydrogen) atoms. The zero-order chi connectivity index (χ0) is 14.4. The second kappa shape index (κ2) is 13.3. The molecule has 0 N–H and O–H groups in total. The molecule has 0 aliphatic carbocycles. The van der Waals surface area contributed by atoms with Crippen LogP contribution in [0.1, 0.15) is 27.7 Å². The van der Waals surface area contributed by atoms with Gasteiger partial charge in [0.25, 0.3) is 0 Å². The summed E-state index contributed by atoms with van der Waals surface area (Å²) < 4.78 is 9.56. The maximum Gasteiger partial charge on any atom is 0.0857 e. The highest BCUT2D eigenvalue weighted by Crippen LogP contribution is 2.57. The van der Waals surface area contributed by atoms with Crippen LogP contribution in [-0.2, 0) is 14.3 Å². The van der Waals surface area contributed by atoms with Crippen molar-refractivity contribution in [1.82, 2.24) is 0 Å². The Bertz CT molecular complexity index is 185. The van der Waals surface area contributed by atoms with Gasteiger partial charge in [0.15, 0.2) is 0 Å². The fourth-order valence-electron chi connectivity index (χ4n) is 1.67. The minimum absolute atomic E-state index is 0.319. The van der Waals surface area contributed by atoms with Gasteiger partial charge in [0.05, 0.1) is 43.8 Å². The van der Waals surface area contributed by atoms with E-state index in [0.717, 1.165) is 13.2 Å². The van der Waals surface area contributed by atoms with E-state index in [1.165, 1.54) is 31.8 Å². The van der Waals surface area contributed by atoms with Crippen LogP contribution in [0.5, 0.6) is 0 Å². The van der Waals surface area contributed by atoms with Crippen molar-refractivity contribution in [3.8, 4) is 0 Å². The van der Waals surface area contributed by atoms with E-state index < -0.39 is 13.2 Å². The number of hydrogen-bond acceptors (Lipinski definition) is 4. The van der Waals surface area contributed by atoms with Gasteiger partial charge in [-0.2, -0.15) is 0 Å². The topological polar surface area (TPSA) is 58.6 Å². The van der Waals surface area contributed by atoms with Gasteiger partial charge in [-0.05, 0) is 27.7 Å². The molecule has 4 nitrogen and oxygen atoms in total. The number of carbonyl (C=O) groups excluding carboxylic acids is 1. The summed E-state index contributed by atoms with van der Waals surface area (Å²) in [5.41, 5.74) is 0. The maximum atomic E-state index is 9.36. The normalized spacial score (nSPS) is 10.7. The molecular weight excluding hydrogens is 251 g/mol. The largest absolute Gasteiger partial charge is 0.548 e. The van der Waals surface area contributed by atoms with E-state index >= 15 is 0 Å². The summed E-state index contributed by atoms with van der Waals surface area (Å²) in [5, 5.41) is 9.36. The van der Waals surface area contributed by atoms with Crippen molar-refractivity contribution < 1.29 is 19.4 Å². The molecule has 0 amide bonds. The number of carboxylic acids is 1. The monoisotopic (exact) mass is 280 g/mol. The number of rotatable bonds is 9. The van der Waals surface area contributed by atoms with E-state index in [1.807, 2.05) is 0 Å². The first-order chi connectivity index (χ1) is 8.51. The predicted molar refractivity (Wildman–Crippen MR) is 76.8 cm³/mol. The summed E-state index contributed by atoms with van der Waals surface area (Å²) in [6.07, 6.45) is 5.53. The van der Waals surface area contributed by atoms with Crippen molar-refractivity contribution in [1.29, 1.82) is 0 Å². The smallest absolute Gasteiger partial charge is 0.0857 e. The molecule has 0 aliphatic heterocycles. The van der Waals surface area contributed by atoms with Crippen LogP contribution in [0, 0.1) is 0 Å². The van der Waals surface area contributed by atoms with Crippen LogP contribution < -0.4 is 5.11 Å². The van der Waals surface area contributed by atoms with E-state index in [1.54, 1.807) is 0 Å². The van der Waals surface area contributed by atoms with Crippen LogP contribution in [0.2, 0.25) is 0 Å². The highest BCUT2D eigenvalue weighted by molar-refractivity contribution is 7.75. The zero-order valence-corrected chi connectivity index (χ0v) is 13.4. The van der Waals surface area contributed by atoms with Crippen molar-refractivity contribution in [2.24, 2.45) is 0 Å². The van der Waals surface area contributed by atoms with Crippen molar-refractivity contribution in [2.45, 2.75) is 27.7 Å². The quantitative estimate of drug-likeness (QED) is 0.474. The Morgan fingerprint density at radius 2 is 1.61 bits per heavy atom. The Hall–Kier alpha value is -0.180. The number of methoxy groups -OCH3 is 1. The number of carboxylic acid groups (broad SMARTS) is 1. The fraction of sp³-hybridized carbons (Fsp3) is 0.923. The maximum absolute atomic E-state index is 9.36. The molecular formula is C13H29O4P. The minimum atomic E-state index is -1.18. The Balaban J connectivity index is 0. The third kappa shape index (κ3) is 10.9. The highest BCUT2D eigenvalue weighted by Gasteiger charge is 2.30. The van der Waals surface area contributed by atoms with E-state index in [-0.39, 0.29) is 6.61 Å². The lowest BCUT2D eigenvalue weighted by Gasteiger charge is -2.23. The first kappa shape index (κ1) is 20.1. The third-order valence-electron chi connectivity index (χ3n) is 3.19. The molecule has 0 radical (unpaired) electrons. The first-order valence-corrected chi connectivity index (χ1v) is 9.16. The van der Waals surface area contributed by atoms with Gasteiger partial charge in [0, 0.05) is 21.0 Å². The molecule has 0 aromatic rings. The van der Waals surface area contributed by atoms with Crippen LogP contribution in [0.4, 0.5) is 0 Å². The number of ether oxygens (including phenoxy) is 2. The Labute approximate surface area is 112 Å². The van der Waals surface area contributed by atoms with Crippen molar-refractivity contribution in [3.05, 3.63) is 0 Å². The molecule has 0 atom stereocenters. The third-order valence-corrected chi connectivity index (χ3v) is 8.34. The lowest BCUT2D eigenvalue weighted by atomic mass is 10.8. The summed E-state index contributed by atoms with van der Waals surface area (Å²) in [4.78, 5) is 9.36. The van der Waals surface area contributed by atoms with Crippen molar-refractivity contribution in [3.63, 3.8) is 0 Å². The predicted octanol–water partition coefficient (Wildman–Crippen LogP) is 1.48. The molecule has 0 spiro atoms. The Morgan fingerprint density at radius 3 is 1.83 bits per heavy atom. The summed E-state index contributed by atoms with van der Waals surface area (Å²) in [6, 6.07) is 0. The van der Waals surface area contributed by atoms with Gasteiger partial charge in [-0.25, -0.2) is 0 Å². The summed E-state index contributed by atoms with van der Waals surface area (Å²) >= 11 is 0. The van der Waals surface area contributed by atoms with E-state index in [4.69, 9.17) is 4.74 Å². The van der Waals surface area contributed by atoms with Gasteiger partial charge >= 0.3 is 0 Å². The average molecular weight is 280 g/mol. The fourth-order valence-corrected chi connectivity index (χ4v) is 4.47. The van der Waals surface area contributed by atoms with E-state index in [0.29, 0.717) is 0 Å². The molecule has 0 saturated carbocycles. The van der Waals surface area contributed by atoms with Gasteiger partial charge in [0.1, 0.15) is 0 Å². The summed E-state index contributed by atoms with van der Waals surface area (Å²) in [5.74, 6) is -1.18. The molecule has 0 saturated heterocycles. The van der Waals surface area contributed by atoms with E-state index in [2.05, 4.69) is 32.4 Å². The molecule has 0 heterocycles. The van der Waals surface area contributed by atoms with Crippen LogP contribution in [0.15, 0.2) is 0 Å². The Kier molecular flexibility index (Phi) is 14.8. The molecule has 110 valence electrons. The molecule has 0 aromatic carbocycles. The summed E-state index contributed by atoms with van der Waals surface area (Å²) in [6.45, 7) is 10.6. The first-order valence-electron chi connectivity index (χ1n) is 6.63. The van der Waals surface area contributed by atoms with Gasteiger partial charge < -0.3 is 19.4 Å². The average Bonchev–Trinajstić information content (AvgIpc) is 2.36. The zero-order valence-electron chi connectivity index (χ0n) is 12.5. The van der Waals surface area contributed by atoms with Crippen molar-refractivity contribution >= 4 is 13.2 Å². The molecule has 0 aliphatic rings. The number of hydrogen-bond donors (Lipinski definition) is 0. The molecule has 0 fully saturated rings. The lowest BCUT2D eigenvalue weighted by Crippen LogP contribution is -2.26. The van der Waals surface area contributed by atoms with E-state index in [9.17, 15) is 9.90 Å². The van der Waals surface area contributed by atoms with Crippen LogP contribution in [-0.4, -0.2) is 57.5 Å². The summed E-state index contributed by atoms with van der Waals surface area (Å²) in [7, 11) is 0.708. The minimum Gasteiger partial charge on any atom is -0.548 e. The van der Waals surface area contributed by atoms with Crippen LogP contribution >= 0.6 is 7.26 Å². The second-order valence-corrected chi connectivity index (χ2v) is 9.04. The number of carbonyl (C=O) groups is 1. The van der Waals surface area contributed by atoms with Crippen LogP contribution in [0.25, 0.3) is 0 Å². The molecule has 0 rings (SSSR count).